The molecule has 1 spiro atoms. The molecule has 1 N–H and O–H groups in total. The minimum absolute atomic E-state index is 0.0867. The summed E-state index contributed by atoms with van der Waals surface area (Å²) in [7, 11) is -6.32. The molecule has 12 heteroatoms. The molecule has 4 aliphatic rings. The Morgan fingerprint density at radius 3 is 2.04 bits per heavy atom. The van der Waals surface area contributed by atoms with Crippen molar-refractivity contribution in [3.8, 4) is 0 Å². The van der Waals surface area contributed by atoms with Gasteiger partial charge in [0.2, 0.25) is 5.92 Å². The predicted octanol–water partition coefficient (Wildman–Crippen LogP) is 3.45. The maximum atomic E-state index is 14.4. The van der Waals surface area contributed by atoms with E-state index in [9.17, 15) is 34.8 Å². The van der Waals surface area contributed by atoms with Crippen LogP contribution >= 0.6 is 0 Å². The Bertz CT molecular complexity index is 731. The highest BCUT2D eigenvalue weighted by Gasteiger charge is 2.75. The Hall–Kier alpha value is -0.590. The third-order valence-electron chi connectivity index (χ3n) is 6.48. The molecule has 5 nitrogen and oxygen atoms in total. The van der Waals surface area contributed by atoms with E-state index in [0.29, 0.717) is 0 Å². The summed E-state index contributed by atoms with van der Waals surface area (Å²) >= 11 is 0. The van der Waals surface area contributed by atoms with Gasteiger partial charge in [0.05, 0.1) is 12.2 Å². The normalized spacial score (nSPS) is 40.5. The average Bonchev–Trinajstić information content (AvgIpc) is 3.19. The van der Waals surface area contributed by atoms with Crippen molar-refractivity contribution in [2.24, 2.45) is 17.8 Å². The van der Waals surface area contributed by atoms with E-state index in [2.05, 4.69) is 0 Å². The summed E-state index contributed by atoms with van der Waals surface area (Å²) in [5.41, 5.74) is 0. The molecule has 2 bridgehead atoms. The first-order chi connectivity index (χ1) is 12.2. The van der Waals surface area contributed by atoms with E-state index in [4.69, 9.17) is 14.0 Å². The van der Waals surface area contributed by atoms with Crippen LogP contribution in [0, 0.1) is 17.8 Å². The molecule has 27 heavy (non-hydrogen) atoms. The van der Waals surface area contributed by atoms with Gasteiger partial charge in [-0.15, -0.1) is 0 Å². The van der Waals surface area contributed by atoms with Crippen LogP contribution in [0.5, 0.6) is 0 Å². The molecule has 4 rings (SSSR count). The van der Waals surface area contributed by atoms with E-state index in [1.807, 2.05) is 0 Å². The summed E-state index contributed by atoms with van der Waals surface area (Å²) in [4.78, 5) is 0. The Balaban J connectivity index is 1.55. The Labute approximate surface area is 151 Å². The van der Waals surface area contributed by atoms with Gasteiger partial charge in [0.1, 0.15) is 0 Å². The SMILES string of the molecule is O=S(=O)(O)C(F)(F)C(F)(F)C1CC2CC1C1OC3(CCC(F)(F)CC3)OC21. The molecule has 0 aromatic carbocycles. The molecule has 156 valence electrons. The number of alkyl halides is 6. The molecule has 1 heterocycles. The van der Waals surface area contributed by atoms with Gasteiger partial charge in [-0.05, 0) is 24.7 Å². The number of ether oxygens (including phenoxy) is 2. The van der Waals surface area contributed by atoms with Crippen LogP contribution in [0.2, 0.25) is 0 Å². The molecule has 0 aromatic heterocycles. The summed E-state index contributed by atoms with van der Waals surface area (Å²) in [5, 5.41) is -5.63. The van der Waals surface area contributed by atoms with Crippen LogP contribution in [0.15, 0.2) is 0 Å². The van der Waals surface area contributed by atoms with E-state index in [1.54, 1.807) is 0 Å². The van der Waals surface area contributed by atoms with Gasteiger partial charge < -0.3 is 9.47 Å². The second-order valence-electron chi connectivity index (χ2n) is 8.05. The first-order valence-electron chi connectivity index (χ1n) is 8.65. The first-order valence-corrected chi connectivity index (χ1v) is 10.1. The second-order valence-corrected chi connectivity index (χ2v) is 9.51. The Kier molecular flexibility index (Phi) is 4.02. The highest BCUT2D eigenvalue weighted by molar-refractivity contribution is 7.87. The molecule has 3 saturated carbocycles. The largest absolute Gasteiger partial charge is 0.431 e. The average molecular weight is 424 g/mol. The zero-order valence-corrected chi connectivity index (χ0v) is 14.7. The van der Waals surface area contributed by atoms with Crippen LogP contribution in [0.3, 0.4) is 0 Å². The number of hydrogen-bond acceptors (Lipinski definition) is 4. The highest BCUT2D eigenvalue weighted by Crippen LogP contribution is 2.63. The van der Waals surface area contributed by atoms with E-state index in [1.165, 1.54) is 0 Å². The Morgan fingerprint density at radius 2 is 1.48 bits per heavy atom. The third kappa shape index (κ3) is 2.73. The molecule has 5 atom stereocenters. The van der Waals surface area contributed by atoms with Crippen molar-refractivity contribution in [2.75, 3.05) is 0 Å². The minimum atomic E-state index is -6.32. The van der Waals surface area contributed by atoms with Gasteiger partial charge in [0.15, 0.2) is 5.79 Å². The van der Waals surface area contributed by atoms with Crippen molar-refractivity contribution in [1.82, 2.24) is 0 Å². The zero-order valence-electron chi connectivity index (χ0n) is 13.9. The fourth-order valence-electron chi connectivity index (χ4n) is 5.13. The lowest BCUT2D eigenvalue weighted by Gasteiger charge is -2.37. The summed E-state index contributed by atoms with van der Waals surface area (Å²) in [5.74, 6) is -12.9. The molecule has 4 fully saturated rings. The van der Waals surface area contributed by atoms with Crippen molar-refractivity contribution in [3.05, 3.63) is 0 Å². The van der Waals surface area contributed by atoms with Gasteiger partial charge >= 0.3 is 21.3 Å². The summed E-state index contributed by atoms with van der Waals surface area (Å²) in [6, 6.07) is 0. The van der Waals surface area contributed by atoms with E-state index >= 15 is 0 Å². The van der Waals surface area contributed by atoms with E-state index < -0.39 is 82.2 Å². The zero-order chi connectivity index (χ0) is 20.0. The van der Waals surface area contributed by atoms with Crippen molar-refractivity contribution in [1.29, 1.82) is 0 Å². The van der Waals surface area contributed by atoms with Crippen molar-refractivity contribution >= 4 is 10.1 Å². The lowest BCUT2D eigenvalue weighted by atomic mass is 9.81. The molecule has 0 aromatic rings. The van der Waals surface area contributed by atoms with Crippen molar-refractivity contribution in [2.45, 2.75) is 73.6 Å². The number of rotatable bonds is 3. The molecule has 1 aliphatic heterocycles. The monoisotopic (exact) mass is 424 g/mol. The lowest BCUT2D eigenvalue weighted by Crippen LogP contribution is -2.55. The summed E-state index contributed by atoms with van der Waals surface area (Å²) in [6.07, 6.45) is -3.20. The number of halogens is 6. The van der Waals surface area contributed by atoms with E-state index in [-0.39, 0.29) is 19.3 Å². The molecule has 1 saturated heterocycles. The molecule has 0 radical (unpaired) electrons. The van der Waals surface area contributed by atoms with Gasteiger partial charge in [-0.25, -0.2) is 8.78 Å². The fraction of sp³-hybridized carbons (Fsp3) is 1.00. The summed E-state index contributed by atoms with van der Waals surface area (Å²) in [6.45, 7) is 0. The van der Waals surface area contributed by atoms with Gasteiger partial charge in [0.25, 0.3) is 0 Å². The lowest BCUT2D eigenvalue weighted by molar-refractivity contribution is -0.235. The van der Waals surface area contributed by atoms with Crippen LogP contribution in [-0.2, 0) is 19.6 Å². The smallest absolute Gasteiger partial charge is 0.344 e. The van der Waals surface area contributed by atoms with Crippen molar-refractivity contribution < 1.29 is 48.8 Å². The topological polar surface area (TPSA) is 72.8 Å². The fourth-order valence-corrected chi connectivity index (χ4v) is 5.63. The molecule has 3 aliphatic carbocycles. The molecular weight excluding hydrogens is 406 g/mol. The predicted molar refractivity (Wildman–Crippen MR) is 77.0 cm³/mol. The van der Waals surface area contributed by atoms with Gasteiger partial charge in [-0.3, -0.25) is 4.55 Å². The summed E-state index contributed by atoms with van der Waals surface area (Å²) < 4.78 is 125. The quantitative estimate of drug-likeness (QED) is 0.555. The van der Waals surface area contributed by atoms with Gasteiger partial charge in [0, 0.05) is 31.6 Å². The van der Waals surface area contributed by atoms with Crippen LogP contribution in [0.25, 0.3) is 0 Å². The maximum Gasteiger partial charge on any atom is 0.431 e. The van der Waals surface area contributed by atoms with Gasteiger partial charge in [-0.1, -0.05) is 0 Å². The van der Waals surface area contributed by atoms with Gasteiger partial charge in [-0.2, -0.15) is 26.0 Å². The van der Waals surface area contributed by atoms with Crippen molar-refractivity contribution in [3.63, 3.8) is 0 Å². The maximum absolute atomic E-state index is 14.4. The van der Waals surface area contributed by atoms with Crippen LogP contribution in [0.1, 0.15) is 38.5 Å². The van der Waals surface area contributed by atoms with Crippen LogP contribution in [0.4, 0.5) is 26.3 Å². The third-order valence-corrected chi connectivity index (χ3v) is 7.40. The second kappa shape index (κ2) is 5.51. The van der Waals surface area contributed by atoms with Crippen LogP contribution < -0.4 is 0 Å². The molecular formula is C15H18F6O5S. The Morgan fingerprint density at radius 1 is 0.926 bits per heavy atom. The van der Waals surface area contributed by atoms with Crippen LogP contribution in [-0.4, -0.2) is 48.1 Å². The van der Waals surface area contributed by atoms with E-state index in [0.717, 1.165) is 0 Å². The minimum Gasteiger partial charge on any atom is -0.344 e. The number of hydrogen-bond donors (Lipinski definition) is 1. The standard InChI is InChI=1S/C15H18F6O5S/c16-12(17)1-3-13(4-2-12)25-10-7-5-8(11(10)26-13)9(6-7)14(18,19)15(20,21)27(22,23)24/h7-11H,1-6H2,(H,22,23,24). The molecule has 0 amide bonds. The molecule has 5 unspecified atom stereocenters. The number of fused-ring (bicyclic) bond motifs is 5. The first kappa shape index (κ1) is 19.7. The highest BCUT2D eigenvalue weighted by atomic mass is 32.2.